The average Bonchev–Trinajstić information content (AvgIpc) is 2.83. The Kier molecular flexibility index (Phi) is 7.32. The molecule has 0 saturated carbocycles. The summed E-state index contributed by atoms with van der Waals surface area (Å²) in [6, 6.07) is 20.5. The molecule has 0 unspecified atom stereocenters. The van der Waals surface area contributed by atoms with Crippen LogP contribution < -0.4 is 10.1 Å². The van der Waals surface area contributed by atoms with E-state index in [9.17, 15) is 4.39 Å². The van der Waals surface area contributed by atoms with Gasteiger partial charge in [-0.3, -0.25) is 4.39 Å². The number of nitrogens with one attached hydrogen (secondary N) is 1. The van der Waals surface area contributed by atoms with Crippen LogP contribution in [0.4, 0.5) is 10.1 Å². The highest BCUT2D eigenvalue weighted by molar-refractivity contribution is 6.30. The molecule has 1 aliphatic heterocycles. The van der Waals surface area contributed by atoms with E-state index in [2.05, 4.69) is 21.9 Å². The van der Waals surface area contributed by atoms with Gasteiger partial charge in [-0.1, -0.05) is 36.4 Å². The first-order chi connectivity index (χ1) is 16.1. The number of ether oxygens (including phenoxy) is 1. The van der Waals surface area contributed by atoms with Crippen molar-refractivity contribution in [2.45, 2.75) is 19.4 Å². The van der Waals surface area contributed by atoms with Crippen LogP contribution in [-0.4, -0.2) is 28.3 Å². The number of pyridine rings is 1. The molecule has 2 aromatic carbocycles. The van der Waals surface area contributed by atoms with Crippen LogP contribution in [0, 0.1) is 0 Å². The highest BCUT2D eigenvalue weighted by Gasteiger charge is 2.20. The summed E-state index contributed by atoms with van der Waals surface area (Å²) in [6.45, 7) is 4.06. The molecule has 0 bridgehead atoms. The Bertz CT molecular complexity index is 1150. The van der Waals surface area contributed by atoms with Gasteiger partial charge in [-0.15, -0.1) is 0 Å². The van der Waals surface area contributed by atoms with E-state index >= 15 is 0 Å². The van der Waals surface area contributed by atoms with Gasteiger partial charge >= 0.3 is 0 Å². The number of hydrogen-bond donors (Lipinski definition) is 1. The number of aliphatic imine (C=N–C) groups is 1. The predicted molar refractivity (Wildman–Crippen MR) is 131 cm³/mol. The van der Waals surface area contributed by atoms with Crippen molar-refractivity contribution in [3.63, 3.8) is 0 Å². The molecule has 2 heterocycles. The average molecular weight is 464 g/mol. The normalized spacial score (nSPS) is 13.4. The lowest BCUT2D eigenvalue weighted by Crippen LogP contribution is -2.36. The van der Waals surface area contributed by atoms with Gasteiger partial charge in [0.15, 0.2) is 0 Å². The fraction of sp³-hybridized carbons (Fsp3) is 0.160. The van der Waals surface area contributed by atoms with E-state index in [4.69, 9.17) is 21.4 Å². The maximum atomic E-state index is 12.7. The molecule has 4 rings (SSSR count). The number of allylic oxidation sites excluding steroid dienone is 1. The molecule has 6 nitrogen and oxygen atoms in total. The summed E-state index contributed by atoms with van der Waals surface area (Å²) >= 11 is 6.02. The van der Waals surface area contributed by atoms with Crippen molar-refractivity contribution in [3.05, 3.63) is 95.8 Å². The summed E-state index contributed by atoms with van der Waals surface area (Å²) in [5.74, 6) is 1.71. The zero-order valence-corrected chi connectivity index (χ0v) is 18.7. The predicted octanol–water partition coefficient (Wildman–Crippen LogP) is 6.43. The first-order valence-corrected chi connectivity index (χ1v) is 10.9. The first-order valence-electron chi connectivity index (χ1n) is 10.5. The summed E-state index contributed by atoms with van der Waals surface area (Å²) in [4.78, 5) is 8.78. The molecule has 0 atom stereocenters. The molecule has 1 aliphatic rings. The minimum Gasteiger partial charge on any atom is -0.439 e. The van der Waals surface area contributed by atoms with E-state index in [1.165, 1.54) is 0 Å². The lowest BCUT2D eigenvalue weighted by molar-refractivity contribution is 0.428. The molecule has 168 valence electrons. The lowest BCUT2D eigenvalue weighted by Gasteiger charge is -2.27. The van der Waals surface area contributed by atoms with Crippen LogP contribution in [0.3, 0.4) is 0 Å². The van der Waals surface area contributed by atoms with Gasteiger partial charge in [-0.25, -0.2) is 15.0 Å². The van der Waals surface area contributed by atoms with Crippen LogP contribution in [0.1, 0.15) is 18.4 Å². The van der Waals surface area contributed by atoms with Gasteiger partial charge in [-0.05, 0) is 60.9 Å². The number of alkyl halides is 1. The smallest absolute Gasteiger partial charge is 0.224 e. The van der Waals surface area contributed by atoms with E-state index in [1.807, 2.05) is 60.7 Å². The summed E-state index contributed by atoms with van der Waals surface area (Å²) < 4.78 is 18.5. The Balaban J connectivity index is 1.51. The van der Waals surface area contributed by atoms with Gasteiger partial charge in [0.2, 0.25) is 11.8 Å². The monoisotopic (exact) mass is 463 g/mol. The zero-order valence-electron chi connectivity index (χ0n) is 17.9. The van der Waals surface area contributed by atoms with Gasteiger partial charge in [0, 0.05) is 23.0 Å². The summed E-state index contributed by atoms with van der Waals surface area (Å²) in [5.41, 5.74) is 3.01. The summed E-state index contributed by atoms with van der Waals surface area (Å²) in [6.07, 6.45) is 2.53. The Morgan fingerprint density at radius 3 is 2.52 bits per heavy atom. The summed E-state index contributed by atoms with van der Waals surface area (Å²) in [7, 11) is 0. The van der Waals surface area contributed by atoms with Crippen molar-refractivity contribution in [2.24, 2.45) is 10.1 Å². The number of guanidine groups is 1. The van der Waals surface area contributed by atoms with Crippen LogP contribution in [-0.2, 0) is 6.54 Å². The minimum atomic E-state index is -0.411. The van der Waals surface area contributed by atoms with Gasteiger partial charge in [-0.2, -0.15) is 5.10 Å². The highest BCUT2D eigenvalue weighted by Crippen LogP contribution is 2.23. The molecule has 0 aliphatic carbocycles. The van der Waals surface area contributed by atoms with E-state index in [1.54, 1.807) is 17.3 Å². The first kappa shape index (κ1) is 22.5. The summed E-state index contributed by atoms with van der Waals surface area (Å²) in [5, 5.41) is 10.4. The van der Waals surface area contributed by atoms with Crippen LogP contribution >= 0.6 is 11.6 Å². The second-order valence-electron chi connectivity index (χ2n) is 7.32. The molecule has 3 aromatic rings. The number of halogens is 2. The van der Waals surface area contributed by atoms with E-state index in [0.717, 1.165) is 11.3 Å². The Morgan fingerprint density at radius 1 is 1.03 bits per heavy atom. The van der Waals surface area contributed by atoms with E-state index in [0.29, 0.717) is 53.4 Å². The van der Waals surface area contributed by atoms with Crippen molar-refractivity contribution in [3.8, 4) is 11.6 Å². The minimum absolute atomic E-state index is 0.378. The molecule has 0 amide bonds. The molecule has 0 radical (unpaired) electrons. The van der Waals surface area contributed by atoms with Crippen LogP contribution in [0.2, 0.25) is 5.02 Å². The zero-order chi connectivity index (χ0) is 23.0. The Hall–Kier alpha value is -3.71. The van der Waals surface area contributed by atoms with Crippen LogP contribution in [0.25, 0.3) is 0 Å². The molecule has 8 heteroatoms. The highest BCUT2D eigenvalue weighted by atomic mass is 35.5. The molecule has 0 spiro atoms. The van der Waals surface area contributed by atoms with Gasteiger partial charge < -0.3 is 10.1 Å². The van der Waals surface area contributed by atoms with Crippen LogP contribution in [0.5, 0.6) is 11.6 Å². The molecule has 33 heavy (non-hydrogen) atoms. The number of aromatic nitrogens is 1. The lowest BCUT2D eigenvalue weighted by atomic mass is 10.1. The molecule has 1 aromatic heterocycles. The largest absolute Gasteiger partial charge is 0.439 e. The van der Waals surface area contributed by atoms with Gasteiger partial charge in [0.05, 0.1) is 24.6 Å². The third kappa shape index (κ3) is 6.17. The third-order valence-corrected chi connectivity index (χ3v) is 5.08. The molecular formula is C25H23ClFN5O. The van der Waals surface area contributed by atoms with Gasteiger partial charge in [0.1, 0.15) is 5.75 Å². The molecular weight excluding hydrogens is 441 g/mol. The van der Waals surface area contributed by atoms with Crippen molar-refractivity contribution < 1.29 is 9.13 Å². The Labute approximate surface area is 197 Å². The maximum absolute atomic E-state index is 12.7. The second kappa shape index (κ2) is 10.7. The number of anilines is 1. The van der Waals surface area contributed by atoms with Crippen molar-refractivity contribution in [1.82, 2.24) is 9.99 Å². The molecule has 1 N–H and O–H groups in total. The maximum Gasteiger partial charge on any atom is 0.224 e. The number of rotatable bonds is 8. The van der Waals surface area contributed by atoms with Crippen molar-refractivity contribution in [2.75, 3.05) is 12.0 Å². The third-order valence-electron chi connectivity index (χ3n) is 4.82. The van der Waals surface area contributed by atoms with Crippen molar-refractivity contribution >= 4 is 29.0 Å². The van der Waals surface area contributed by atoms with Crippen LogP contribution in [0.15, 0.2) is 95.3 Å². The fourth-order valence-electron chi connectivity index (χ4n) is 3.16. The SMILES string of the molecule is C=C1N=C(Nc2ccc(Oc3ccccn3)cc2)N(Cc2ccc(Cl)cc2)N=C1CCCF. The Morgan fingerprint density at radius 2 is 1.82 bits per heavy atom. The van der Waals surface area contributed by atoms with Gasteiger partial charge in [0.25, 0.3) is 0 Å². The number of nitrogens with zero attached hydrogens (tertiary/aromatic N) is 4. The van der Waals surface area contributed by atoms with E-state index < -0.39 is 6.67 Å². The quantitative estimate of drug-likeness (QED) is 0.418. The second-order valence-corrected chi connectivity index (χ2v) is 7.76. The number of hydrazone groups is 1. The topological polar surface area (TPSA) is 62.1 Å². The van der Waals surface area contributed by atoms with E-state index in [-0.39, 0.29) is 0 Å². The molecule has 0 saturated heterocycles. The molecule has 0 fully saturated rings. The number of hydrogen-bond acceptors (Lipinski definition) is 6. The number of benzene rings is 2. The standard InChI is InChI=1S/C25H23ClFN5O/c1-18-23(5-4-15-27)31-32(17-19-7-9-20(26)10-8-19)25(29-18)30-21-11-13-22(14-12-21)33-24-6-2-3-16-28-24/h2-3,6-14,16H,1,4-5,15,17H2,(H,29,30). The fourth-order valence-corrected chi connectivity index (χ4v) is 3.28. The van der Waals surface area contributed by atoms with Crippen molar-refractivity contribution in [1.29, 1.82) is 0 Å².